The van der Waals surface area contributed by atoms with Gasteiger partial charge in [-0.1, -0.05) is 6.07 Å². The Balaban J connectivity index is 2.19. The van der Waals surface area contributed by atoms with Gasteiger partial charge >= 0.3 is 6.03 Å². The fourth-order valence-electron chi connectivity index (χ4n) is 2.49. The maximum Gasteiger partial charge on any atom is 0.323 e. The van der Waals surface area contributed by atoms with Crippen LogP contribution in [-0.2, 0) is 0 Å². The van der Waals surface area contributed by atoms with Crippen molar-refractivity contribution < 1.29 is 19.0 Å². The van der Waals surface area contributed by atoms with Gasteiger partial charge < -0.3 is 24.8 Å². The SMILES string of the molecule is COc1cc(NC(=O)Nc2cc(C)cc(C)c2)cc(OC)c1OC. The van der Waals surface area contributed by atoms with Crippen LogP contribution in [0, 0.1) is 13.8 Å². The zero-order valence-electron chi connectivity index (χ0n) is 14.5. The first-order chi connectivity index (χ1) is 11.5. The minimum absolute atomic E-state index is 0.353. The number of amides is 2. The molecule has 2 rings (SSSR count). The molecule has 2 N–H and O–H groups in total. The molecule has 2 amide bonds. The number of benzene rings is 2. The van der Waals surface area contributed by atoms with Crippen molar-refractivity contribution >= 4 is 17.4 Å². The summed E-state index contributed by atoms with van der Waals surface area (Å²) in [6.07, 6.45) is 0. The maximum absolute atomic E-state index is 12.2. The topological polar surface area (TPSA) is 68.8 Å². The Hall–Kier alpha value is -2.89. The van der Waals surface area contributed by atoms with Gasteiger partial charge in [-0.2, -0.15) is 0 Å². The molecule has 0 aliphatic carbocycles. The Kier molecular flexibility index (Phi) is 5.52. The van der Waals surface area contributed by atoms with Gasteiger partial charge in [0.05, 0.1) is 27.0 Å². The van der Waals surface area contributed by atoms with Gasteiger partial charge in [0.25, 0.3) is 0 Å². The average Bonchev–Trinajstić information content (AvgIpc) is 2.52. The number of rotatable bonds is 5. The first kappa shape index (κ1) is 17.5. The van der Waals surface area contributed by atoms with Crippen molar-refractivity contribution in [2.24, 2.45) is 0 Å². The summed E-state index contributed by atoms with van der Waals surface area (Å²) in [5, 5.41) is 5.58. The Bertz CT molecular complexity index is 699. The van der Waals surface area contributed by atoms with Crippen LogP contribution in [0.15, 0.2) is 30.3 Å². The lowest BCUT2D eigenvalue weighted by Crippen LogP contribution is -2.19. The lowest BCUT2D eigenvalue weighted by Gasteiger charge is -2.15. The van der Waals surface area contributed by atoms with Crippen molar-refractivity contribution in [3.05, 3.63) is 41.5 Å². The molecule has 0 aromatic heterocycles. The first-order valence-electron chi connectivity index (χ1n) is 7.43. The highest BCUT2D eigenvalue weighted by molar-refractivity contribution is 6.00. The molecule has 2 aromatic rings. The molecule has 0 heterocycles. The summed E-state index contributed by atoms with van der Waals surface area (Å²) < 4.78 is 15.8. The van der Waals surface area contributed by atoms with E-state index in [4.69, 9.17) is 14.2 Å². The van der Waals surface area contributed by atoms with Crippen LogP contribution in [0.2, 0.25) is 0 Å². The van der Waals surface area contributed by atoms with Gasteiger partial charge in [0.1, 0.15) is 0 Å². The Morgan fingerprint density at radius 1 is 0.750 bits per heavy atom. The van der Waals surface area contributed by atoms with Crippen LogP contribution in [0.1, 0.15) is 11.1 Å². The molecule has 0 fully saturated rings. The fourth-order valence-corrected chi connectivity index (χ4v) is 2.49. The maximum atomic E-state index is 12.2. The number of aryl methyl sites for hydroxylation is 2. The third-order valence-electron chi connectivity index (χ3n) is 3.40. The number of anilines is 2. The van der Waals surface area contributed by atoms with Crippen molar-refractivity contribution in [1.82, 2.24) is 0 Å². The molecule has 0 aliphatic rings. The number of methoxy groups -OCH3 is 3. The van der Waals surface area contributed by atoms with Crippen molar-refractivity contribution in [3.8, 4) is 17.2 Å². The molecular formula is C18H22N2O4. The van der Waals surface area contributed by atoms with Crippen LogP contribution in [0.5, 0.6) is 17.2 Å². The number of carbonyl (C=O) groups is 1. The van der Waals surface area contributed by atoms with Crippen LogP contribution in [0.3, 0.4) is 0 Å². The van der Waals surface area contributed by atoms with Gasteiger partial charge in [-0.15, -0.1) is 0 Å². The molecule has 0 saturated carbocycles. The van der Waals surface area contributed by atoms with E-state index in [0.717, 1.165) is 16.8 Å². The summed E-state index contributed by atoms with van der Waals surface area (Å²) in [5.41, 5.74) is 3.43. The van der Waals surface area contributed by atoms with E-state index in [1.54, 1.807) is 12.1 Å². The molecule has 0 aliphatic heterocycles. The second-order valence-electron chi connectivity index (χ2n) is 5.37. The Labute approximate surface area is 141 Å². The van der Waals surface area contributed by atoms with E-state index in [1.165, 1.54) is 21.3 Å². The van der Waals surface area contributed by atoms with E-state index in [9.17, 15) is 4.79 Å². The summed E-state index contributed by atoms with van der Waals surface area (Å²) in [6, 6.07) is 8.84. The zero-order chi connectivity index (χ0) is 17.7. The van der Waals surface area contributed by atoms with Crippen molar-refractivity contribution in [2.75, 3.05) is 32.0 Å². The molecular weight excluding hydrogens is 308 g/mol. The molecule has 2 aromatic carbocycles. The van der Waals surface area contributed by atoms with E-state index in [-0.39, 0.29) is 6.03 Å². The highest BCUT2D eigenvalue weighted by atomic mass is 16.5. The van der Waals surface area contributed by atoms with Gasteiger partial charge in [0, 0.05) is 17.8 Å². The van der Waals surface area contributed by atoms with Gasteiger partial charge in [0.15, 0.2) is 11.5 Å². The van der Waals surface area contributed by atoms with Crippen molar-refractivity contribution in [1.29, 1.82) is 0 Å². The zero-order valence-corrected chi connectivity index (χ0v) is 14.5. The van der Waals surface area contributed by atoms with E-state index in [2.05, 4.69) is 10.6 Å². The molecule has 0 radical (unpaired) electrons. The van der Waals surface area contributed by atoms with Crippen molar-refractivity contribution in [3.63, 3.8) is 0 Å². The van der Waals surface area contributed by atoms with Gasteiger partial charge in [-0.3, -0.25) is 0 Å². The standard InChI is InChI=1S/C18H22N2O4/c1-11-6-12(2)8-13(7-11)19-18(21)20-14-9-15(22-3)17(24-5)16(10-14)23-4/h6-10H,1-5H3,(H2,19,20,21). The lowest BCUT2D eigenvalue weighted by molar-refractivity contribution is 0.262. The summed E-state index contributed by atoms with van der Waals surface area (Å²) in [4.78, 5) is 12.2. The third-order valence-corrected chi connectivity index (χ3v) is 3.40. The second kappa shape index (κ2) is 7.59. The van der Waals surface area contributed by atoms with E-state index < -0.39 is 0 Å². The number of hydrogen-bond acceptors (Lipinski definition) is 4. The predicted octanol–water partition coefficient (Wildman–Crippen LogP) is 3.97. The van der Waals surface area contributed by atoms with E-state index >= 15 is 0 Å². The number of carbonyl (C=O) groups excluding carboxylic acids is 1. The minimum Gasteiger partial charge on any atom is -0.493 e. The number of urea groups is 1. The minimum atomic E-state index is -0.353. The van der Waals surface area contributed by atoms with Gasteiger partial charge in [-0.25, -0.2) is 4.79 Å². The molecule has 0 unspecified atom stereocenters. The summed E-state index contributed by atoms with van der Waals surface area (Å²) >= 11 is 0. The summed E-state index contributed by atoms with van der Waals surface area (Å²) in [6.45, 7) is 3.96. The molecule has 6 heteroatoms. The van der Waals surface area contributed by atoms with Crippen molar-refractivity contribution in [2.45, 2.75) is 13.8 Å². The Morgan fingerprint density at radius 3 is 1.62 bits per heavy atom. The molecule has 0 spiro atoms. The Morgan fingerprint density at radius 2 is 1.21 bits per heavy atom. The van der Waals surface area contributed by atoms with Crippen LogP contribution in [0.25, 0.3) is 0 Å². The van der Waals surface area contributed by atoms with Crippen LogP contribution < -0.4 is 24.8 Å². The summed E-state index contributed by atoms with van der Waals surface area (Å²) in [5.74, 6) is 1.41. The van der Waals surface area contributed by atoms with Crippen LogP contribution in [-0.4, -0.2) is 27.4 Å². The van der Waals surface area contributed by atoms with E-state index in [0.29, 0.717) is 22.9 Å². The largest absolute Gasteiger partial charge is 0.493 e. The molecule has 128 valence electrons. The molecule has 24 heavy (non-hydrogen) atoms. The van der Waals surface area contributed by atoms with Crippen LogP contribution >= 0.6 is 0 Å². The van der Waals surface area contributed by atoms with Crippen LogP contribution in [0.4, 0.5) is 16.2 Å². The molecule has 0 atom stereocenters. The van der Waals surface area contributed by atoms with Gasteiger partial charge in [0.2, 0.25) is 5.75 Å². The quantitative estimate of drug-likeness (QED) is 0.870. The number of nitrogens with one attached hydrogen (secondary N) is 2. The lowest BCUT2D eigenvalue weighted by atomic mass is 10.1. The fraction of sp³-hybridized carbons (Fsp3) is 0.278. The highest BCUT2D eigenvalue weighted by Gasteiger charge is 2.14. The summed E-state index contributed by atoms with van der Waals surface area (Å²) in [7, 11) is 4.58. The normalized spacial score (nSPS) is 10.0. The molecule has 6 nitrogen and oxygen atoms in total. The first-order valence-corrected chi connectivity index (χ1v) is 7.43. The number of ether oxygens (including phenoxy) is 3. The average molecular weight is 330 g/mol. The van der Waals surface area contributed by atoms with Gasteiger partial charge in [-0.05, 0) is 37.1 Å². The predicted molar refractivity (Wildman–Crippen MR) is 94.7 cm³/mol. The monoisotopic (exact) mass is 330 g/mol. The number of hydrogen-bond donors (Lipinski definition) is 2. The second-order valence-corrected chi connectivity index (χ2v) is 5.37. The third kappa shape index (κ3) is 4.10. The molecule has 0 bridgehead atoms. The van der Waals surface area contributed by atoms with E-state index in [1.807, 2.05) is 32.0 Å². The molecule has 0 saturated heterocycles. The smallest absolute Gasteiger partial charge is 0.323 e. The highest BCUT2D eigenvalue weighted by Crippen LogP contribution is 2.39.